The van der Waals surface area contributed by atoms with Crippen molar-refractivity contribution < 1.29 is 44.3 Å². The van der Waals surface area contributed by atoms with Crippen molar-refractivity contribution in [2.24, 2.45) is 5.16 Å². The number of ether oxygens (including phenoxy) is 3. The summed E-state index contributed by atoms with van der Waals surface area (Å²) in [5.74, 6) is 1.75. The van der Waals surface area contributed by atoms with Crippen LogP contribution < -0.4 is 24.8 Å². The topological polar surface area (TPSA) is 171 Å². The number of rotatable bonds is 18. The van der Waals surface area contributed by atoms with Crippen LogP contribution in [0.3, 0.4) is 0 Å². The van der Waals surface area contributed by atoms with Crippen molar-refractivity contribution in [1.82, 2.24) is 5.32 Å². The lowest BCUT2D eigenvalue weighted by Gasteiger charge is -2.29. The molecule has 0 saturated carbocycles. The Kier molecular flexibility index (Phi) is 13.0. The van der Waals surface area contributed by atoms with Gasteiger partial charge in [-0.2, -0.15) is 0 Å². The van der Waals surface area contributed by atoms with Gasteiger partial charge in [-0.3, -0.25) is 4.79 Å². The maximum Gasteiger partial charge on any atom is 0.255 e. The van der Waals surface area contributed by atoms with Gasteiger partial charge >= 0.3 is 0 Å². The first-order valence-electron chi connectivity index (χ1n) is 18.4. The van der Waals surface area contributed by atoms with Crippen LogP contribution in [0.2, 0.25) is 0 Å². The molecule has 0 fully saturated rings. The highest BCUT2D eigenvalue weighted by Gasteiger charge is 2.27. The zero-order valence-electron chi connectivity index (χ0n) is 30.8. The van der Waals surface area contributed by atoms with Gasteiger partial charge < -0.3 is 50.1 Å². The molecule has 0 bridgehead atoms. The predicted octanol–water partition coefficient (Wildman–Crippen LogP) is 6.10. The fourth-order valence-electron chi connectivity index (χ4n) is 6.87. The maximum atomic E-state index is 12.7. The molecule has 4 aromatic carbocycles. The highest BCUT2D eigenvalue weighted by molar-refractivity contribution is 6.02. The van der Waals surface area contributed by atoms with Gasteiger partial charge in [-0.1, -0.05) is 42.1 Å². The number of nitrogens with zero attached hydrogens (tertiary/aromatic N) is 1. The second kappa shape index (κ2) is 18.3. The number of nitrogens with one attached hydrogen (secondary N) is 2. The lowest BCUT2D eigenvalue weighted by molar-refractivity contribution is 0.0853. The molecule has 2 heterocycles. The number of aryl methyl sites for hydroxylation is 1. The molecule has 0 aromatic heterocycles. The van der Waals surface area contributed by atoms with Crippen LogP contribution in [0, 0.1) is 6.92 Å². The third-order valence-electron chi connectivity index (χ3n) is 9.88. The molecule has 2 aliphatic rings. The summed E-state index contributed by atoms with van der Waals surface area (Å²) >= 11 is 0. The minimum Gasteiger partial charge on any atom is -0.493 e. The number of hydrogen-bond acceptors (Lipinski definition) is 11. The molecule has 0 spiro atoms. The number of fused-ring (bicyclic) bond motifs is 1. The Balaban J connectivity index is 0.925. The van der Waals surface area contributed by atoms with E-state index in [4.69, 9.17) is 19.0 Å². The third-order valence-corrected chi connectivity index (χ3v) is 9.88. The fraction of sp³-hybridized carbons (Fsp3) is 0.381. The quantitative estimate of drug-likeness (QED) is 0.0656. The van der Waals surface area contributed by atoms with Crippen LogP contribution >= 0.6 is 0 Å². The van der Waals surface area contributed by atoms with Crippen LogP contribution in [0.25, 0.3) is 0 Å². The zero-order valence-corrected chi connectivity index (χ0v) is 30.8. The number of aliphatic hydroxyl groups is 4. The van der Waals surface area contributed by atoms with E-state index in [1.807, 2.05) is 61.5 Å². The molecule has 286 valence electrons. The molecule has 1 amide bonds. The number of oxime groups is 1. The zero-order chi connectivity index (χ0) is 38.0. The Bertz CT molecular complexity index is 1940. The lowest BCUT2D eigenvalue weighted by Crippen LogP contribution is -2.38. The second-order valence-electron chi connectivity index (χ2n) is 13.6. The standard InChI is InChI=1S/C42H49N3O9/c1-26-8-11-35-33(16-26)42(50)44-41(43-35)28-10-12-37(32(17-28)24-48)52-14-6-4-3-5-7-15-53-40-20-27(9-13-38(40)51-2)36-21-39(54-45-36)29-18-30(22-46)34(25-49)31(19-29)23-47/h8-13,16-20,39,41,43,46-49H,3-7,14-15,21-25H2,1-2H3,(H,44,50). The molecule has 4 aromatic rings. The maximum absolute atomic E-state index is 12.7. The van der Waals surface area contributed by atoms with Crippen molar-refractivity contribution in [2.75, 3.05) is 25.6 Å². The van der Waals surface area contributed by atoms with E-state index in [2.05, 4.69) is 15.8 Å². The summed E-state index contributed by atoms with van der Waals surface area (Å²) in [6.45, 7) is 2.06. The number of hydrogen-bond donors (Lipinski definition) is 6. The summed E-state index contributed by atoms with van der Waals surface area (Å²) in [6.07, 6.45) is 4.44. The van der Waals surface area contributed by atoms with Crippen molar-refractivity contribution in [2.45, 2.75) is 84.1 Å². The molecule has 0 saturated heterocycles. The summed E-state index contributed by atoms with van der Waals surface area (Å²) in [5, 5.41) is 50.1. The van der Waals surface area contributed by atoms with Crippen molar-refractivity contribution in [3.8, 4) is 17.2 Å². The number of carbonyl (C=O) groups is 1. The smallest absolute Gasteiger partial charge is 0.255 e. The van der Waals surface area contributed by atoms with E-state index in [-0.39, 0.29) is 32.3 Å². The van der Waals surface area contributed by atoms with Crippen molar-refractivity contribution in [1.29, 1.82) is 0 Å². The predicted molar refractivity (Wildman–Crippen MR) is 204 cm³/mol. The van der Waals surface area contributed by atoms with Crippen LogP contribution in [-0.4, -0.2) is 52.4 Å². The van der Waals surface area contributed by atoms with Gasteiger partial charge in [0, 0.05) is 23.2 Å². The van der Waals surface area contributed by atoms with E-state index < -0.39 is 12.3 Å². The van der Waals surface area contributed by atoms with Crippen molar-refractivity contribution >= 4 is 17.3 Å². The Morgan fingerprint density at radius 3 is 2.07 bits per heavy atom. The Morgan fingerprint density at radius 2 is 1.39 bits per heavy atom. The highest BCUT2D eigenvalue weighted by Crippen LogP contribution is 2.36. The first kappa shape index (κ1) is 38.6. The van der Waals surface area contributed by atoms with Crippen LogP contribution in [0.4, 0.5) is 5.69 Å². The van der Waals surface area contributed by atoms with E-state index in [0.717, 1.165) is 65.8 Å². The highest BCUT2D eigenvalue weighted by atomic mass is 16.6. The van der Waals surface area contributed by atoms with Crippen LogP contribution in [0.15, 0.2) is 71.9 Å². The largest absolute Gasteiger partial charge is 0.493 e. The molecule has 2 unspecified atom stereocenters. The van der Waals surface area contributed by atoms with Gasteiger partial charge in [-0.05, 0) is 102 Å². The molecular weight excluding hydrogens is 690 g/mol. The van der Waals surface area contributed by atoms with Crippen LogP contribution in [0.1, 0.15) is 106 Å². The lowest BCUT2D eigenvalue weighted by atomic mass is 9.93. The van der Waals surface area contributed by atoms with Crippen LogP contribution in [0.5, 0.6) is 17.2 Å². The first-order valence-corrected chi connectivity index (χ1v) is 18.4. The summed E-state index contributed by atoms with van der Waals surface area (Å²) in [4.78, 5) is 18.5. The van der Waals surface area contributed by atoms with E-state index in [9.17, 15) is 25.2 Å². The SMILES string of the molecule is COc1ccc(C2=NOC(c3cc(CO)c(CO)c(CO)c3)C2)cc1OCCCCCCCOc1ccc(C2NC(=O)c3cc(C)ccc3N2)cc1CO. The summed E-state index contributed by atoms with van der Waals surface area (Å²) < 4.78 is 17.7. The van der Waals surface area contributed by atoms with E-state index >= 15 is 0 Å². The molecule has 12 heteroatoms. The minimum absolute atomic E-state index is 0.134. The van der Waals surface area contributed by atoms with Gasteiger partial charge in [-0.15, -0.1) is 0 Å². The molecule has 6 N–H and O–H groups in total. The van der Waals surface area contributed by atoms with Gasteiger partial charge in [0.15, 0.2) is 17.6 Å². The molecule has 0 aliphatic carbocycles. The number of methoxy groups -OCH3 is 1. The number of unbranched alkanes of at least 4 members (excludes halogenated alkanes) is 4. The Morgan fingerprint density at radius 1 is 0.722 bits per heavy atom. The number of carbonyl (C=O) groups excluding carboxylic acids is 1. The second-order valence-corrected chi connectivity index (χ2v) is 13.6. The Hall–Kier alpha value is -5.14. The van der Waals surface area contributed by atoms with Gasteiger partial charge in [0.25, 0.3) is 5.91 Å². The number of aliphatic hydroxyl groups excluding tert-OH is 4. The summed E-state index contributed by atoms with van der Waals surface area (Å²) in [5.41, 5.74) is 7.92. The van der Waals surface area contributed by atoms with E-state index in [0.29, 0.717) is 64.7 Å². The first-order chi connectivity index (χ1) is 26.3. The summed E-state index contributed by atoms with van der Waals surface area (Å²) in [6, 6.07) is 20.6. The van der Waals surface area contributed by atoms with Gasteiger partial charge in [-0.25, -0.2) is 0 Å². The normalized spacial score (nSPS) is 16.2. The molecule has 2 atom stereocenters. The monoisotopic (exact) mass is 739 g/mol. The van der Waals surface area contributed by atoms with Gasteiger partial charge in [0.2, 0.25) is 0 Å². The molecule has 54 heavy (non-hydrogen) atoms. The van der Waals surface area contributed by atoms with E-state index in [1.54, 1.807) is 19.2 Å². The Labute approximate surface area is 315 Å². The van der Waals surface area contributed by atoms with E-state index in [1.165, 1.54) is 0 Å². The molecular formula is C42H49N3O9. The molecule has 6 rings (SSSR count). The fourth-order valence-corrected chi connectivity index (χ4v) is 6.87. The number of anilines is 1. The molecule has 0 radical (unpaired) electrons. The average Bonchev–Trinajstić information content (AvgIpc) is 3.70. The minimum atomic E-state index is -0.405. The van der Waals surface area contributed by atoms with Gasteiger partial charge in [0.05, 0.1) is 58.0 Å². The molecule has 2 aliphatic heterocycles. The number of amides is 1. The number of benzene rings is 4. The van der Waals surface area contributed by atoms with Gasteiger partial charge in [0.1, 0.15) is 11.9 Å². The van der Waals surface area contributed by atoms with Crippen LogP contribution in [-0.2, 0) is 31.3 Å². The average molecular weight is 740 g/mol. The third kappa shape index (κ3) is 8.96. The van der Waals surface area contributed by atoms with Crippen molar-refractivity contribution in [3.63, 3.8) is 0 Å². The summed E-state index contributed by atoms with van der Waals surface area (Å²) in [7, 11) is 1.61. The van der Waals surface area contributed by atoms with Crippen molar-refractivity contribution in [3.05, 3.63) is 117 Å². The molecule has 12 nitrogen and oxygen atoms in total.